The fourth-order valence-corrected chi connectivity index (χ4v) is 4.09. The molecule has 2 aromatic rings. The number of rotatable bonds is 4. The van der Waals surface area contributed by atoms with E-state index >= 15 is 0 Å². The SMILES string of the molecule is CNC(Cc1nc2ccccc2s1)C1CCCC1. The molecule has 0 amide bonds. The van der Waals surface area contributed by atoms with Crippen molar-refractivity contribution < 1.29 is 0 Å². The van der Waals surface area contributed by atoms with Crippen LogP contribution in [-0.4, -0.2) is 18.1 Å². The first-order valence-corrected chi connectivity index (χ1v) is 7.70. The summed E-state index contributed by atoms with van der Waals surface area (Å²) in [5.74, 6) is 0.849. The average molecular weight is 260 g/mol. The monoisotopic (exact) mass is 260 g/mol. The Morgan fingerprint density at radius 2 is 2.11 bits per heavy atom. The van der Waals surface area contributed by atoms with Gasteiger partial charge in [-0.3, -0.25) is 0 Å². The van der Waals surface area contributed by atoms with Crippen LogP contribution in [0.15, 0.2) is 24.3 Å². The molecule has 3 rings (SSSR count). The summed E-state index contributed by atoms with van der Waals surface area (Å²) >= 11 is 1.85. The van der Waals surface area contributed by atoms with Crippen LogP contribution in [0.4, 0.5) is 0 Å². The average Bonchev–Trinajstić information content (AvgIpc) is 3.04. The minimum absolute atomic E-state index is 0.605. The van der Waals surface area contributed by atoms with E-state index in [2.05, 4.69) is 36.6 Å². The molecule has 1 aliphatic rings. The maximum atomic E-state index is 4.75. The van der Waals surface area contributed by atoms with Crippen molar-refractivity contribution in [3.63, 3.8) is 0 Å². The standard InChI is InChI=1S/C15H20N2S/c1-16-13(11-6-2-3-7-11)10-15-17-12-8-4-5-9-14(12)18-15/h4-5,8-9,11,13,16H,2-3,6-7,10H2,1H3. The number of fused-ring (bicyclic) bond motifs is 1. The molecule has 3 heteroatoms. The van der Waals surface area contributed by atoms with E-state index in [4.69, 9.17) is 4.98 Å². The van der Waals surface area contributed by atoms with Crippen molar-refractivity contribution in [2.45, 2.75) is 38.1 Å². The Bertz CT molecular complexity index is 481. The number of nitrogens with zero attached hydrogens (tertiary/aromatic N) is 1. The molecule has 18 heavy (non-hydrogen) atoms. The number of para-hydroxylation sites is 1. The van der Waals surface area contributed by atoms with Crippen LogP contribution in [0.1, 0.15) is 30.7 Å². The molecule has 1 aromatic heterocycles. The highest BCUT2D eigenvalue weighted by Gasteiger charge is 2.24. The zero-order valence-electron chi connectivity index (χ0n) is 10.9. The lowest BCUT2D eigenvalue weighted by molar-refractivity contribution is 0.377. The van der Waals surface area contributed by atoms with Crippen LogP contribution in [0.25, 0.3) is 10.2 Å². The lowest BCUT2D eigenvalue weighted by Crippen LogP contribution is -2.34. The zero-order valence-corrected chi connectivity index (χ0v) is 11.7. The highest BCUT2D eigenvalue weighted by Crippen LogP contribution is 2.30. The number of benzene rings is 1. The molecule has 1 fully saturated rings. The van der Waals surface area contributed by atoms with E-state index in [9.17, 15) is 0 Å². The van der Waals surface area contributed by atoms with E-state index < -0.39 is 0 Å². The van der Waals surface area contributed by atoms with Crippen molar-refractivity contribution in [1.82, 2.24) is 10.3 Å². The van der Waals surface area contributed by atoms with Gasteiger partial charge in [-0.05, 0) is 37.9 Å². The van der Waals surface area contributed by atoms with Crippen LogP contribution in [0.3, 0.4) is 0 Å². The lowest BCUT2D eigenvalue weighted by atomic mass is 9.96. The van der Waals surface area contributed by atoms with E-state index in [1.54, 1.807) is 0 Å². The maximum Gasteiger partial charge on any atom is 0.0954 e. The highest BCUT2D eigenvalue weighted by molar-refractivity contribution is 7.18. The number of aromatic nitrogens is 1. The van der Waals surface area contributed by atoms with Gasteiger partial charge in [-0.1, -0.05) is 25.0 Å². The van der Waals surface area contributed by atoms with Gasteiger partial charge < -0.3 is 5.32 Å². The summed E-state index contributed by atoms with van der Waals surface area (Å²) in [7, 11) is 2.09. The number of nitrogens with one attached hydrogen (secondary N) is 1. The fourth-order valence-electron chi connectivity index (χ4n) is 3.06. The van der Waals surface area contributed by atoms with Crippen molar-refractivity contribution in [2.75, 3.05) is 7.05 Å². The second-order valence-electron chi connectivity index (χ2n) is 5.22. The second-order valence-corrected chi connectivity index (χ2v) is 6.33. The molecule has 96 valence electrons. The van der Waals surface area contributed by atoms with E-state index in [-0.39, 0.29) is 0 Å². The molecule has 1 atom stereocenters. The number of likely N-dealkylation sites (N-methyl/N-ethyl adjacent to an activating group) is 1. The quantitative estimate of drug-likeness (QED) is 0.908. The van der Waals surface area contributed by atoms with Crippen LogP contribution in [0.2, 0.25) is 0 Å². The summed E-state index contributed by atoms with van der Waals surface area (Å²) in [6.45, 7) is 0. The van der Waals surface area contributed by atoms with Crippen molar-refractivity contribution in [2.24, 2.45) is 5.92 Å². The summed E-state index contributed by atoms with van der Waals surface area (Å²) < 4.78 is 1.31. The van der Waals surface area contributed by atoms with E-state index in [0.717, 1.165) is 17.9 Å². The molecular weight excluding hydrogens is 240 g/mol. The van der Waals surface area contributed by atoms with Gasteiger partial charge >= 0.3 is 0 Å². The predicted octanol–water partition coefficient (Wildman–Crippen LogP) is 3.62. The van der Waals surface area contributed by atoms with Gasteiger partial charge in [0.25, 0.3) is 0 Å². The smallest absolute Gasteiger partial charge is 0.0954 e. The topological polar surface area (TPSA) is 24.9 Å². The third kappa shape index (κ3) is 2.43. The van der Waals surface area contributed by atoms with Gasteiger partial charge in [0.05, 0.1) is 15.2 Å². The Kier molecular flexibility index (Phi) is 3.62. The van der Waals surface area contributed by atoms with Gasteiger partial charge in [-0.25, -0.2) is 4.98 Å². The number of hydrogen-bond acceptors (Lipinski definition) is 3. The Morgan fingerprint density at radius 3 is 2.83 bits per heavy atom. The summed E-state index contributed by atoms with van der Waals surface area (Å²) in [5.41, 5.74) is 1.15. The maximum absolute atomic E-state index is 4.75. The van der Waals surface area contributed by atoms with E-state index in [1.165, 1.54) is 35.4 Å². The Morgan fingerprint density at radius 1 is 1.33 bits per heavy atom. The van der Waals surface area contributed by atoms with Crippen molar-refractivity contribution in [3.05, 3.63) is 29.3 Å². The largest absolute Gasteiger partial charge is 0.316 e. The highest BCUT2D eigenvalue weighted by atomic mass is 32.1. The van der Waals surface area contributed by atoms with Gasteiger partial charge in [0.2, 0.25) is 0 Å². The van der Waals surface area contributed by atoms with Crippen molar-refractivity contribution in [1.29, 1.82) is 0 Å². The van der Waals surface area contributed by atoms with Crippen LogP contribution >= 0.6 is 11.3 Å². The third-order valence-corrected chi connectivity index (χ3v) is 5.13. The first-order valence-electron chi connectivity index (χ1n) is 6.88. The molecule has 0 aliphatic heterocycles. The predicted molar refractivity (Wildman–Crippen MR) is 78.1 cm³/mol. The minimum atomic E-state index is 0.605. The molecular formula is C15H20N2S. The summed E-state index contributed by atoms with van der Waals surface area (Å²) in [6.07, 6.45) is 6.67. The molecule has 2 nitrogen and oxygen atoms in total. The van der Waals surface area contributed by atoms with Gasteiger partial charge in [-0.2, -0.15) is 0 Å². The zero-order chi connectivity index (χ0) is 12.4. The lowest BCUT2D eigenvalue weighted by Gasteiger charge is -2.21. The van der Waals surface area contributed by atoms with Crippen LogP contribution < -0.4 is 5.32 Å². The molecule has 0 radical (unpaired) electrons. The third-order valence-electron chi connectivity index (χ3n) is 4.07. The Hall–Kier alpha value is -0.930. The molecule has 1 aromatic carbocycles. The van der Waals surface area contributed by atoms with Gasteiger partial charge in [0, 0.05) is 12.5 Å². The van der Waals surface area contributed by atoms with Crippen LogP contribution in [0, 0.1) is 5.92 Å². The molecule has 0 saturated heterocycles. The molecule has 1 aliphatic carbocycles. The molecule has 1 heterocycles. The molecule has 0 bridgehead atoms. The van der Waals surface area contributed by atoms with Crippen molar-refractivity contribution >= 4 is 21.6 Å². The van der Waals surface area contributed by atoms with E-state index in [1.807, 2.05) is 11.3 Å². The Labute approximate surface area is 112 Å². The van der Waals surface area contributed by atoms with Gasteiger partial charge in [0.1, 0.15) is 0 Å². The first-order chi connectivity index (χ1) is 8.86. The molecule has 1 saturated carbocycles. The molecule has 1 unspecified atom stereocenters. The van der Waals surface area contributed by atoms with Gasteiger partial charge in [-0.15, -0.1) is 11.3 Å². The summed E-state index contributed by atoms with van der Waals surface area (Å²) in [6, 6.07) is 9.04. The summed E-state index contributed by atoms with van der Waals surface area (Å²) in [5, 5.41) is 4.78. The van der Waals surface area contributed by atoms with E-state index in [0.29, 0.717) is 6.04 Å². The van der Waals surface area contributed by atoms with Crippen LogP contribution in [-0.2, 0) is 6.42 Å². The second kappa shape index (κ2) is 5.37. The minimum Gasteiger partial charge on any atom is -0.316 e. The number of hydrogen-bond donors (Lipinski definition) is 1. The van der Waals surface area contributed by atoms with Crippen molar-refractivity contribution in [3.8, 4) is 0 Å². The fraction of sp³-hybridized carbons (Fsp3) is 0.533. The summed E-state index contributed by atoms with van der Waals surface area (Å²) in [4.78, 5) is 4.75. The molecule has 1 N–H and O–H groups in total. The number of thiazole rings is 1. The van der Waals surface area contributed by atoms with Gasteiger partial charge in [0.15, 0.2) is 0 Å². The first kappa shape index (κ1) is 12.1. The van der Waals surface area contributed by atoms with Crippen LogP contribution in [0.5, 0.6) is 0 Å². The Balaban J connectivity index is 1.77. The molecule has 0 spiro atoms. The normalized spacial score (nSPS) is 18.5.